The molecule has 1 heterocycles. The van der Waals surface area contributed by atoms with Gasteiger partial charge in [0.15, 0.2) is 0 Å². The number of hydrogen-bond acceptors (Lipinski definition) is 7. The van der Waals surface area contributed by atoms with Gasteiger partial charge in [-0.25, -0.2) is 8.42 Å². The fourth-order valence-corrected chi connectivity index (χ4v) is 2.94. The Hall–Kier alpha value is -1.46. The van der Waals surface area contributed by atoms with Gasteiger partial charge in [0.25, 0.3) is 9.84 Å². The molecule has 0 spiro atoms. The maximum absolute atomic E-state index is 12.4. The van der Waals surface area contributed by atoms with E-state index in [9.17, 15) is 26.8 Å². The molecule has 21 heavy (non-hydrogen) atoms. The van der Waals surface area contributed by atoms with Gasteiger partial charge in [0.05, 0.1) is 17.1 Å². The molecule has 1 aromatic carbocycles. The third-order valence-electron chi connectivity index (χ3n) is 2.46. The largest absolute Gasteiger partial charge is 0.501 e. The summed E-state index contributed by atoms with van der Waals surface area (Å²) < 4.78 is 59.4. The van der Waals surface area contributed by atoms with Gasteiger partial charge >= 0.3 is 5.51 Å². The van der Waals surface area contributed by atoms with Crippen LogP contribution in [0.15, 0.2) is 34.2 Å². The quantitative estimate of drug-likeness (QED) is 0.820. The van der Waals surface area contributed by atoms with E-state index in [0.717, 1.165) is 30.0 Å². The first-order chi connectivity index (χ1) is 9.72. The molecule has 0 unspecified atom stereocenters. The maximum atomic E-state index is 12.4. The number of halogens is 3. The zero-order valence-electron chi connectivity index (χ0n) is 10.3. The molecule has 0 aromatic heterocycles. The van der Waals surface area contributed by atoms with Crippen molar-refractivity contribution in [3.8, 4) is 0 Å². The van der Waals surface area contributed by atoms with E-state index in [1.54, 1.807) is 0 Å². The number of alkyl halides is 3. The molecule has 116 valence electrons. The molecule has 0 saturated heterocycles. The number of rotatable bonds is 3. The van der Waals surface area contributed by atoms with Gasteiger partial charge in [-0.3, -0.25) is 15.6 Å². The highest BCUT2D eigenvalue weighted by atomic mass is 32.2. The van der Waals surface area contributed by atoms with Crippen LogP contribution in [-0.4, -0.2) is 41.8 Å². The van der Waals surface area contributed by atoms with Gasteiger partial charge < -0.3 is 0 Å². The first-order valence-electron chi connectivity index (χ1n) is 5.56. The van der Waals surface area contributed by atoms with Crippen LogP contribution in [0.4, 0.5) is 18.9 Å². The van der Waals surface area contributed by atoms with Crippen molar-refractivity contribution in [1.29, 1.82) is 0 Å². The van der Waals surface area contributed by atoms with Crippen LogP contribution in [0.1, 0.15) is 0 Å². The van der Waals surface area contributed by atoms with Crippen molar-refractivity contribution in [1.82, 2.24) is 5.17 Å². The lowest BCUT2D eigenvalue weighted by molar-refractivity contribution is -0.0436. The molecule has 0 radical (unpaired) electrons. The third kappa shape index (κ3) is 3.41. The molecular formula is C10H10F3N3O3S2. The second kappa shape index (κ2) is 5.73. The monoisotopic (exact) mass is 341 g/mol. The standard InChI is InChI=1S/C10H10F3N3O3S2/c11-10(12,13)21(18,19)8-3-1-7(2-4-8)15-16(17)9-14-5-6-20-9/h1-4,15,17H,5-6H2. The van der Waals surface area contributed by atoms with Crippen LogP contribution >= 0.6 is 11.8 Å². The molecule has 6 nitrogen and oxygen atoms in total. The van der Waals surface area contributed by atoms with Crippen LogP contribution in [0, 0.1) is 0 Å². The highest BCUT2D eigenvalue weighted by molar-refractivity contribution is 8.14. The number of thioether (sulfide) groups is 1. The average molecular weight is 341 g/mol. The summed E-state index contributed by atoms with van der Waals surface area (Å²) in [6, 6.07) is 3.84. The lowest BCUT2D eigenvalue weighted by atomic mass is 10.3. The van der Waals surface area contributed by atoms with Crippen LogP contribution in [0.2, 0.25) is 0 Å². The number of hydroxylamine groups is 1. The molecule has 0 amide bonds. The van der Waals surface area contributed by atoms with E-state index >= 15 is 0 Å². The zero-order chi connectivity index (χ0) is 15.7. The number of nitrogens with one attached hydrogen (secondary N) is 1. The fourth-order valence-electron chi connectivity index (χ4n) is 1.46. The van der Waals surface area contributed by atoms with E-state index < -0.39 is 20.2 Å². The van der Waals surface area contributed by atoms with Gasteiger partial charge in [-0.05, 0) is 24.3 Å². The molecule has 0 saturated carbocycles. The molecule has 1 aliphatic heterocycles. The van der Waals surface area contributed by atoms with Crippen molar-refractivity contribution < 1.29 is 26.8 Å². The van der Waals surface area contributed by atoms with Crippen LogP contribution in [-0.2, 0) is 9.84 Å². The molecule has 0 bridgehead atoms. The van der Waals surface area contributed by atoms with Crippen LogP contribution in [0.3, 0.4) is 0 Å². The SMILES string of the molecule is O=S(=O)(c1ccc(NN(O)C2=NCCS2)cc1)C(F)(F)F. The van der Waals surface area contributed by atoms with Gasteiger partial charge in [-0.1, -0.05) is 11.8 Å². The lowest BCUT2D eigenvalue weighted by Crippen LogP contribution is -2.30. The molecule has 1 aromatic rings. The summed E-state index contributed by atoms with van der Waals surface area (Å²) in [6.45, 7) is 0.557. The first-order valence-corrected chi connectivity index (χ1v) is 8.03. The Morgan fingerprint density at radius 2 is 1.90 bits per heavy atom. The predicted molar refractivity (Wildman–Crippen MR) is 71.7 cm³/mol. The first kappa shape index (κ1) is 15.9. The predicted octanol–water partition coefficient (Wildman–Crippen LogP) is 2.10. The number of hydrazine groups is 1. The molecule has 0 fully saturated rings. The van der Waals surface area contributed by atoms with Crippen LogP contribution in [0.5, 0.6) is 0 Å². The number of benzene rings is 1. The van der Waals surface area contributed by atoms with E-state index in [1.165, 1.54) is 11.8 Å². The highest BCUT2D eigenvalue weighted by Crippen LogP contribution is 2.30. The Morgan fingerprint density at radius 1 is 1.29 bits per heavy atom. The summed E-state index contributed by atoms with van der Waals surface area (Å²) in [5, 5.41) is 10.6. The minimum absolute atomic E-state index is 0.217. The second-order valence-electron chi connectivity index (χ2n) is 3.91. The van der Waals surface area contributed by atoms with Gasteiger partial charge in [-0.2, -0.15) is 13.2 Å². The Kier molecular flexibility index (Phi) is 4.35. The van der Waals surface area contributed by atoms with E-state index in [1.807, 2.05) is 0 Å². The van der Waals surface area contributed by atoms with Gasteiger partial charge in [-0.15, -0.1) is 5.17 Å². The smallest absolute Gasteiger partial charge is 0.273 e. The Labute approximate surface area is 122 Å². The van der Waals surface area contributed by atoms with Crippen molar-refractivity contribution in [3.63, 3.8) is 0 Å². The van der Waals surface area contributed by atoms with Crippen molar-refractivity contribution in [2.45, 2.75) is 10.4 Å². The topological polar surface area (TPSA) is 82.0 Å². The fraction of sp³-hybridized carbons (Fsp3) is 0.300. The van der Waals surface area contributed by atoms with Crippen molar-refractivity contribution in [2.24, 2.45) is 4.99 Å². The van der Waals surface area contributed by atoms with E-state index in [2.05, 4.69) is 10.4 Å². The van der Waals surface area contributed by atoms with Gasteiger partial charge in [0, 0.05) is 5.75 Å². The normalized spacial score (nSPS) is 15.7. The summed E-state index contributed by atoms with van der Waals surface area (Å²) >= 11 is 1.30. The summed E-state index contributed by atoms with van der Waals surface area (Å²) in [4.78, 5) is 3.11. The molecule has 0 atom stereocenters. The third-order valence-corrected chi connectivity index (χ3v) is 4.90. The summed E-state index contributed by atoms with van der Waals surface area (Å²) in [7, 11) is -5.37. The number of sulfone groups is 1. The number of hydrogen-bond donors (Lipinski definition) is 2. The highest BCUT2D eigenvalue weighted by Gasteiger charge is 2.46. The van der Waals surface area contributed by atoms with E-state index in [4.69, 9.17) is 0 Å². The summed E-state index contributed by atoms with van der Waals surface area (Å²) in [5.41, 5.74) is -2.67. The van der Waals surface area contributed by atoms with Gasteiger partial charge in [0.1, 0.15) is 0 Å². The van der Waals surface area contributed by atoms with E-state index in [-0.39, 0.29) is 5.69 Å². The number of anilines is 1. The summed E-state index contributed by atoms with van der Waals surface area (Å²) in [6.07, 6.45) is 0. The minimum atomic E-state index is -5.37. The Balaban J connectivity index is 2.13. The molecule has 0 aliphatic carbocycles. The molecule has 1 aliphatic rings. The Morgan fingerprint density at radius 3 is 2.38 bits per heavy atom. The number of aliphatic imine (C=N–C) groups is 1. The maximum Gasteiger partial charge on any atom is 0.501 e. The van der Waals surface area contributed by atoms with Gasteiger partial charge in [0.2, 0.25) is 5.17 Å². The molecule has 2 rings (SSSR count). The minimum Gasteiger partial charge on any atom is -0.273 e. The van der Waals surface area contributed by atoms with Crippen LogP contribution in [0.25, 0.3) is 0 Å². The Bertz CT molecular complexity index is 644. The van der Waals surface area contributed by atoms with Crippen molar-refractivity contribution in [3.05, 3.63) is 24.3 Å². The number of nitrogens with zero attached hydrogens (tertiary/aromatic N) is 2. The van der Waals surface area contributed by atoms with Crippen molar-refractivity contribution in [2.75, 3.05) is 17.7 Å². The molecule has 2 N–H and O–H groups in total. The zero-order valence-corrected chi connectivity index (χ0v) is 12.0. The summed E-state index contributed by atoms with van der Waals surface area (Å²) in [5.74, 6) is 0.719. The second-order valence-corrected chi connectivity index (χ2v) is 6.91. The lowest BCUT2D eigenvalue weighted by Gasteiger charge is -2.18. The van der Waals surface area contributed by atoms with Crippen LogP contribution < -0.4 is 5.43 Å². The molecule has 11 heteroatoms. The number of amidine groups is 1. The van der Waals surface area contributed by atoms with E-state index in [0.29, 0.717) is 16.9 Å². The molecular weight excluding hydrogens is 331 g/mol. The average Bonchev–Trinajstić information content (AvgIpc) is 2.92. The van der Waals surface area contributed by atoms with Crippen molar-refractivity contribution >= 4 is 32.5 Å².